The normalized spacial score (nSPS) is 9.95. The second-order valence-electron chi connectivity index (χ2n) is 4.82. The molecule has 0 saturated carbocycles. The fourth-order valence-electron chi connectivity index (χ4n) is 1.85. The van der Waals surface area contributed by atoms with Gasteiger partial charge in [-0.25, -0.2) is 0 Å². The van der Waals surface area contributed by atoms with Gasteiger partial charge in [0.1, 0.15) is 0 Å². The Balaban J connectivity index is 2.04. The molecule has 20 heavy (non-hydrogen) atoms. The standard InChI is InChI=1S/C16H19N3O/c1-12(20)17-13-4-6-14(7-5-13)18-15-8-10-16(11-9-15)19(2)3/h4-11,18H,1-3H3,(H,17,20). The molecule has 2 N–H and O–H groups in total. The van der Waals surface area contributed by atoms with E-state index in [0.29, 0.717) is 0 Å². The first kappa shape index (κ1) is 13.9. The molecule has 2 aromatic carbocycles. The highest BCUT2D eigenvalue weighted by Crippen LogP contribution is 2.21. The quantitative estimate of drug-likeness (QED) is 0.893. The molecule has 0 spiro atoms. The van der Waals surface area contributed by atoms with Crippen LogP contribution >= 0.6 is 0 Å². The largest absolute Gasteiger partial charge is 0.378 e. The molecule has 0 aliphatic rings. The zero-order valence-electron chi connectivity index (χ0n) is 12.0. The monoisotopic (exact) mass is 269 g/mol. The summed E-state index contributed by atoms with van der Waals surface area (Å²) in [4.78, 5) is 13.0. The van der Waals surface area contributed by atoms with Crippen molar-refractivity contribution in [1.82, 2.24) is 0 Å². The van der Waals surface area contributed by atoms with Crippen LogP contribution in [0.25, 0.3) is 0 Å². The van der Waals surface area contributed by atoms with Crippen molar-refractivity contribution in [2.45, 2.75) is 6.92 Å². The summed E-state index contributed by atoms with van der Waals surface area (Å²) in [6.07, 6.45) is 0. The van der Waals surface area contributed by atoms with Crippen LogP contribution in [-0.4, -0.2) is 20.0 Å². The van der Waals surface area contributed by atoms with Crippen LogP contribution in [0.15, 0.2) is 48.5 Å². The summed E-state index contributed by atoms with van der Waals surface area (Å²) in [6, 6.07) is 15.8. The van der Waals surface area contributed by atoms with Crippen LogP contribution in [0.5, 0.6) is 0 Å². The minimum Gasteiger partial charge on any atom is -0.378 e. The third-order valence-electron chi connectivity index (χ3n) is 2.88. The average molecular weight is 269 g/mol. The lowest BCUT2D eigenvalue weighted by molar-refractivity contribution is -0.114. The van der Waals surface area contributed by atoms with E-state index in [2.05, 4.69) is 27.7 Å². The Bertz CT molecular complexity index is 574. The van der Waals surface area contributed by atoms with Crippen molar-refractivity contribution in [3.63, 3.8) is 0 Å². The number of nitrogens with zero attached hydrogens (tertiary/aromatic N) is 1. The lowest BCUT2D eigenvalue weighted by Crippen LogP contribution is -2.08. The fraction of sp³-hybridized carbons (Fsp3) is 0.188. The molecule has 0 unspecified atom stereocenters. The Kier molecular flexibility index (Phi) is 4.25. The average Bonchev–Trinajstić information content (AvgIpc) is 2.41. The number of amides is 1. The fourth-order valence-corrected chi connectivity index (χ4v) is 1.85. The molecule has 0 radical (unpaired) electrons. The number of anilines is 4. The van der Waals surface area contributed by atoms with E-state index >= 15 is 0 Å². The predicted molar refractivity (Wildman–Crippen MR) is 84.8 cm³/mol. The van der Waals surface area contributed by atoms with E-state index in [9.17, 15) is 4.79 Å². The van der Waals surface area contributed by atoms with Crippen LogP contribution in [0, 0.1) is 0 Å². The van der Waals surface area contributed by atoms with Gasteiger partial charge in [-0.2, -0.15) is 0 Å². The molecule has 0 fully saturated rings. The summed E-state index contributed by atoms with van der Waals surface area (Å²) in [5, 5.41) is 6.06. The van der Waals surface area contributed by atoms with Gasteiger partial charge in [-0.1, -0.05) is 0 Å². The Hall–Kier alpha value is -2.49. The van der Waals surface area contributed by atoms with Gasteiger partial charge in [0.15, 0.2) is 0 Å². The summed E-state index contributed by atoms with van der Waals surface area (Å²) in [7, 11) is 4.03. The molecule has 0 atom stereocenters. The third-order valence-corrected chi connectivity index (χ3v) is 2.88. The second kappa shape index (κ2) is 6.10. The molecule has 0 aromatic heterocycles. The van der Waals surface area contributed by atoms with Crippen molar-refractivity contribution in [1.29, 1.82) is 0 Å². The van der Waals surface area contributed by atoms with E-state index in [1.54, 1.807) is 0 Å². The van der Waals surface area contributed by atoms with Crippen molar-refractivity contribution >= 4 is 28.7 Å². The summed E-state index contributed by atoms with van der Waals surface area (Å²) in [5.41, 5.74) is 3.97. The minimum atomic E-state index is -0.0648. The van der Waals surface area contributed by atoms with Crippen LogP contribution in [-0.2, 0) is 4.79 Å². The van der Waals surface area contributed by atoms with Gasteiger partial charge >= 0.3 is 0 Å². The highest BCUT2D eigenvalue weighted by molar-refractivity contribution is 5.88. The van der Waals surface area contributed by atoms with Gasteiger partial charge in [-0.3, -0.25) is 4.79 Å². The van der Waals surface area contributed by atoms with Crippen molar-refractivity contribution in [2.24, 2.45) is 0 Å². The Morgan fingerprint density at radius 2 is 1.30 bits per heavy atom. The zero-order chi connectivity index (χ0) is 14.5. The van der Waals surface area contributed by atoms with E-state index < -0.39 is 0 Å². The van der Waals surface area contributed by atoms with Crippen molar-refractivity contribution in [2.75, 3.05) is 29.6 Å². The molecule has 2 aromatic rings. The summed E-state index contributed by atoms with van der Waals surface area (Å²) < 4.78 is 0. The predicted octanol–water partition coefficient (Wildman–Crippen LogP) is 3.45. The molecule has 2 rings (SSSR count). The van der Waals surface area contributed by atoms with E-state index in [-0.39, 0.29) is 5.91 Å². The summed E-state index contributed by atoms with van der Waals surface area (Å²) in [5.74, 6) is -0.0648. The first-order chi connectivity index (χ1) is 9.54. The summed E-state index contributed by atoms with van der Waals surface area (Å²) >= 11 is 0. The maximum absolute atomic E-state index is 10.9. The molecule has 0 saturated heterocycles. The number of carbonyl (C=O) groups is 1. The highest BCUT2D eigenvalue weighted by atomic mass is 16.1. The number of rotatable bonds is 4. The Morgan fingerprint density at radius 3 is 1.75 bits per heavy atom. The number of hydrogen-bond donors (Lipinski definition) is 2. The first-order valence-electron chi connectivity index (χ1n) is 6.46. The van der Waals surface area contributed by atoms with E-state index in [4.69, 9.17) is 0 Å². The highest BCUT2D eigenvalue weighted by Gasteiger charge is 1.99. The number of nitrogens with one attached hydrogen (secondary N) is 2. The van der Waals surface area contributed by atoms with Gasteiger partial charge in [-0.15, -0.1) is 0 Å². The number of hydrogen-bond acceptors (Lipinski definition) is 3. The van der Waals surface area contributed by atoms with Gasteiger partial charge in [0.05, 0.1) is 0 Å². The number of benzene rings is 2. The van der Waals surface area contributed by atoms with Crippen LogP contribution in [0.3, 0.4) is 0 Å². The second-order valence-corrected chi connectivity index (χ2v) is 4.82. The van der Waals surface area contributed by atoms with Crippen molar-refractivity contribution < 1.29 is 4.79 Å². The lowest BCUT2D eigenvalue weighted by Gasteiger charge is -2.13. The first-order valence-corrected chi connectivity index (χ1v) is 6.46. The van der Waals surface area contributed by atoms with Crippen molar-refractivity contribution in [3.8, 4) is 0 Å². The van der Waals surface area contributed by atoms with Gasteiger partial charge in [-0.05, 0) is 48.5 Å². The molecule has 4 heteroatoms. The van der Waals surface area contributed by atoms with Crippen LogP contribution < -0.4 is 15.5 Å². The summed E-state index contributed by atoms with van der Waals surface area (Å²) in [6.45, 7) is 1.50. The molecule has 0 aliphatic heterocycles. The third kappa shape index (κ3) is 3.75. The van der Waals surface area contributed by atoms with E-state index in [1.165, 1.54) is 6.92 Å². The molecular weight excluding hydrogens is 250 g/mol. The number of carbonyl (C=O) groups excluding carboxylic acids is 1. The molecule has 4 nitrogen and oxygen atoms in total. The minimum absolute atomic E-state index is 0.0648. The zero-order valence-corrected chi connectivity index (χ0v) is 12.0. The molecular formula is C16H19N3O. The van der Waals surface area contributed by atoms with Gasteiger partial charge in [0.25, 0.3) is 0 Å². The SMILES string of the molecule is CC(=O)Nc1ccc(Nc2ccc(N(C)C)cc2)cc1. The smallest absolute Gasteiger partial charge is 0.221 e. The molecule has 0 aliphatic carbocycles. The van der Waals surface area contributed by atoms with Crippen LogP contribution in [0.1, 0.15) is 6.92 Å². The van der Waals surface area contributed by atoms with Crippen molar-refractivity contribution in [3.05, 3.63) is 48.5 Å². The van der Waals surface area contributed by atoms with Gasteiger partial charge in [0.2, 0.25) is 5.91 Å². The molecule has 0 heterocycles. The molecule has 104 valence electrons. The topological polar surface area (TPSA) is 44.4 Å². The van der Waals surface area contributed by atoms with Gasteiger partial charge < -0.3 is 15.5 Å². The maximum Gasteiger partial charge on any atom is 0.221 e. The lowest BCUT2D eigenvalue weighted by atomic mass is 10.2. The van der Waals surface area contributed by atoms with E-state index in [0.717, 1.165) is 22.7 Å². The van der Waals surface area contributed by atoms with Gasteiger partial charge in [0, 0.05) is 43.8 Å². The maximum atomic E-state index is 10.9. The van der Waals surface area contributed by atoms with E-state index in [1.807, 2.05) is 50.5 Å². The molecule has 1 amide bonds. The molecule has 0 bridgehead atoms. The Labute approximate surface area is 119 Å². The van der Waals surface area contributed by atoms with Crippen LogP contribution in [0.2, 0.25) is 0 Å². The Morgan fingerprint density at radius 1 is 0.850 bits per heavy atom. The van der Waals surface area contributed by atoms with Crippen LogP contribution in [0.4, 0.5) is 22.7 Å².